The Morgan fingerprint density at radius 1 is 1.19 bits per heavy atom. The number of ether oxygens (including phenoxy) is 2. The number of alkyl carbamates (subject to hydrolysis) is 1. The summed E-state index contributed by atoms with van der Waals surface area (Å²) in [6, 6.07) is 8.50. The maximum atomic E-state index is 12.3. The molecule has 2 heterocycles. The van der Waals surface area contributed by atoms with E-state index in [-0.39, 0.29) is 25.5 Å². The van der Waals surface area contributed by atoms with Gasteiger partial charge in [-0.3, -0.25) is 19.2 Å². The van der Waals surface area contributed by atoms with Gasteiger partial charge in [-0.25, -0.2) is 4.79 Å². The fourth-order valence-electron chi connectivity index (χ4n) is 3.33. The van der Waals surface area contributed by atoms with Crippen molar-refractivity contribution in [2.24, 2.45) is 0 Å². The highest BCUT2D eigenvalue weighted by Crippen LogP contribution is 2.12. The van der Waals surface area contributed by atoms with Crippen molar-refractivity contribution in [2.75, 3.05) is 26.4 Å². The van der Waals surface area contributed by atoms with E-state index in [1.54, 1.807) is 0 Å². The van der Waals surface area contributed by atoms with Crippen LogP contribution in [0, 0.1) is 0 Å². The number of hydroxylamine groups is 2. The zero-order valence-electron chi connectivity index (χ0n) is 17.5. The number of amides is 4. The molecule has 0 bridgehead atoms. The molecular formula is C21H27N3O8. The number of hydrogen-bond donors (Lipinski definition) is 3. The lowest BCUT2D eigenvalue weighted by Gasteiger charge is -2.25. The first-order valence-electron chi connectivity index (χ1n) is 10.4. The van der Waals surface area contributed by atoms with Crippen LogP contribution in [0.3, 0.4) is 0 Å². The van der Waals surface area contributed by atoms with E-state index in [1.165, 1.54) is 0 Å². The predicted octanol–water partition coefficient (Wildman–Crippen LogP) is -0.329. The summed E-state index contributed by atoms with van der Waals surface area (Å²) in [5.74, 6) is -1.62. The van der Waals surface area contributed by atoms with Gasteiger partial charge in [0.1, 0.15) is 6.10 Å². The van der Waals surface area contributed by atoms with Gasteiger partial charge in [-0.2, -0.15) is 5.06 Å². The minimum absolute atomic E-state index is 0.0507. The Labute approximate surface area is 184 Å². The minimum Gasteiger partial charge on any atom is -0.444 e. The molecule has 0 spiro atoms. The van der Waals surface area contributed by atoms with Crippen molar-refractivity contribution in [3.05, 3.63) is 35.9 Å². The molecule has 11 heteroatoms. The van der Waals surface area contributed by atoms with Gasteiger partial charge in [-0.05, 0) is 12.0 Å². The summed E-state index contributed by atoms with van der Waals surface area (Å²) in [6.07, 6.45) is -1.14. The molecule has 0 unspecified atom stereocenters. The Kier molecular flexibility index (Phi) is 8.54. The molecule has 0 saturated carbocycles. The molecule has 4 amide bonds. The molecule has 1 aromatic carbocycles. The second-order valence-electron chi connectivity index (χ2n) is 7.56. The molecule has 3 atom stereocenters. The Balaban J connectivity index is 1.50. The van der Waals surface area contributed by atoms with E-state index in [2.05, 4.69) is 10.6 Å². The molecule has 0 radical (unpaired) electrons. The van der Waals surface area contributed by atoms with Gasteiger partial charge in [0, 0.05) is 25.8 Å². The lowest BCUT2D eigenvalue weighted by atomic mass is 10.0. The number of carbonyl (C=O) groups is 4. The number of aliphatic hydroxyl groups is 1. The lowest BCUT2D eigenvalue weighted by Crippen LogP contribution is -2.50. The van der Waals surface area contributed by atoms with Crippen LogP contribution in [0.5, 0.6) is 0 Å². The first-order chi connectivity index (χ1) is 15.4. The molecule has 2 aliphatic rings. The molecule has 0 aromatic heterocycles. The lowest BCUT2D eigenvalue weighted by molar-refractivity contribution is -0.188. The van der Waals surface area contributed by atoms with Crippen LogP contribution in [0.4, 0.5) is 4.79 Å². The summed E-state index contributed by atoms with van der Waals surface area (Å²) in [5.41, 5.74) is 0.877. The van der Waals surface area contributed by atoms with E-state index in [1.807, 2.05) is 30.3 Å². The summed E-state index contributed by atoms with van der Waals surface area (Å²) < 4.78 is 10.5. The highest BCUT2D eigenvalue weighted by Gasteiger charge is 2.31. The van der Waals surface area contributed by atoms with Gasteiger partial charge < -0.3 is 25.2 Å². The van der Waals surface area contributed by atoms with Crippen molar-refractivity contribution in [3.8, 4) is 0 Å². The van der Waals surface area contributed by atoms with Crippen LogP contribution in [0.1, 0.15) is 24.8 Å². The van der Waals surface area contributed by atoms with Gasteiger partial charge in [0.25, 0.3) is 11.8 Å². The number of benzene rings is 1. The maximum Gasteiger partial charge on any atom is 0.407 e. The molecule has 2 aliphatic heterocycles. The summed E-state index contributed by atoms with van der Waals surface area (Å²) in [4.78, 5) is 52.3. The Morgan fingerprint density at radius 3 is 2.56 bits per heavy atom. The molecule has 2 fully saturated rings. The van der Waals surface area contributed by atoms with Crippen LogP contribution in [-0.4, -0.2) is 78.6 Å². The number of rotatable bonds is 10. The molecule has 0 aliphatic carbocycles. The first kappa shape index (κ1) is 23.6. The largest absolute Gasteiger partial charge is 0.444 e. The van der Waals surface area contributed by atoms with E-state index < -0.39 is 42.6 Å². The van der Waals surface area contributed by atoms with Crippen LogP contribution in [0.15, 0.2) is 30.3 Å². The maximum absolute atomic E-state index is 12.3. The first-order valence-corrected chi connectivity index (χ1v) is 10.4. The molecule has 11 nitrogen and oxygen atoms in total. The van der Waals surface area contributed by atoms with Crippen LogP contribution in [0.25, 0.3) is 0 Å². The van der Waals surface area contributed by atoms with Gasteiger partial charge in [0.05, 0.1) is 25.4 Å². The second kappa shape index (κ2) is 11.6. The van der Waals surface area contributed by atoms with Crippen molar-refractivity contribution in [3.63, 3.8) is 0 Å². The Morgan fingerprint density at radius 2 is 1.91 bits per heavy atom. The molecule has 2 saturated heterocycles. The Hall–Kier alpha value is -3.02. The fraction of sp³-hybridized carbons (Fsp3) is 0.524. The van der Waals surface area contributed by atoms with Gasteiger partial charge in [-0.1, -0.05) is 30.3 Å². The summed E-state index contributed by atoms with van der Waals surface area (Å²) in [5, 5.41) is 16.3. The van der Waals surface area contributed by atoms with Crippen molar-refractivity contribution in [1.82, 2.24) is 15.7 Å². The molecule has 3 rings (SSSR count). The van der Waals surface area contributed by atoms with Crippen molar-refractivity contribution in [1.29, 1.82) is 0 Å². The smallest absolute Gasteiger partial charge is 0.407 e. The van der Waals surface area contributed by atoms with Gasteiger partial charge >= 0.3 is 6.09 Å². The van der Waals surface area contributed by atoms with Crippen LogP contribution < -0.4 is 10.6 Å². The minimum atomic E-state index is -1.14. The Bertz CT molecular complexity index is 797. The highest BCUT2D eigenvalue weighted by molar-refractivity contribution is 6.00. The third kappa shape index (κ3) is 7.01. The fourth-order valence-corrected chi connectivity index (χ4v) is 3.33. The molecule has 174 valence electrons. The summed E-state index contributed by atoms with van der Waals surface area (Å²) in [7, 11) is 0. The van der Waals surface area contributed by atoms with Crippen LogP contribution in [0.2, 0.25) is 0 Å². The number of nitrogens with zero attached hydrogens (tertiary/aromatic N) is 1. The average Bonchev–Trinajstić information content (AvgIpc) is 3.40. The van der Waals surface area contributed by atoms with E-state index in [0.29, 0.717) is 31.1 Å². The molecule has 32 heavy (non-hydrogen) atoms. The van der Waals surface area contributed by atoms with Crippen LogP contribution >= 0.6 is 0 Å². The third-order valence-electron chi connectivity index (χ3n) is 5.07. The number of aliphatic hydroxyl groups excluding tert-OH is 1. The summed E-state index contributed by atoms with van der Waals surface area (Å²) in [6.45, 7) is 0.118. The van der Waals surface area contributed by atoms with Crippen LogP contribution in [-0.2, 0) is 35.1 Å². The van der Waals surface area contributed by atoms with Crippen molar-refractivity contribution < 1.29 is 38.6 Å². The second-order valence-corrected chi connectivity index (χ2v) is 7.56. The molecular weight excluding hydrogens is 422 g/mol. The third-order valence-corrected chi connectivity index (χ3v) is 5.07. The molecule has 3 N–H and O–H groups in total. The average molecular weight is 449 g/mol. The van der Waals surface area contributed by atoms with E-state index in [9.17, 15) is 24.3 Å². The van der Waals surface area contributed by atoms with Crippen molar-refractivity contribution >= 4 is 23.8 Å². The zero-order valence-corrected chi connectivity index (χ0v) is 17.5. The number of carbonyl (C=O) groups excluding carboxylic acids is 4. The normalized spacial score (nSPS) is 20.2. The van der Waals surface area contributed by atoms with Gasteiger partial charge in [-0.15, -0.1) is 0 Å². The predicted molar refractivity (Wildman–Crippen MR) is 109 cm³/mol. The quantitative estimate of drug-likeness (QED) is 0.412. The summed E-state index contributed by atoms with van der Waals surface area (Å²) >= 11 is 0. The molecule has 1 aromatic rings. The van der Waals surface area contributed by atoms with Crippen molar-refractivity contribution in [2.45, 2.75) is 43.9 Å². The van der Waals surface area contributed by atoms with Gasteiger partial charge in [0.15, 0.2) is 6.61 Å². The SMILES string of the molecule is O=C(CON1C(=O)CCC1=O)NC[C@@H](O)[C@H](Cc1ccccc1)NC(=O)O[C@H]1CCOC1. The van der Waals surface area contributed by atoms with Gasteiger partial charge in [0.2, 0.25) is 5.91 Å². The van der Waals surface area contributed by atoms with E-state index >= 15 is 0 Å². The standard InChI is InChI=1S/C21H27N3O8/c25-17(11-22-18(26)13-31-24-19(27)6-7-20(24)28)16(10-14-4-2-1-3-5-14)23-21(29)32-15-8-9-30-12-15/h1-5,15-17,25H,6-13H2,(H,22,26)(H,23,29)/t15-,16-,17+/m0/s1. The zero-order chi connectivity index (χ0) is 22.9. The topological polar surface area (TPSA) is 143 Å². The number of hydrogen-bond acceptors (Lipinski definition) is 8. The highest BCUT2D eigenvalue weighted by atomic mass is 16.7. The van der Waals surface area contributed by atoms with E-state index in [0.717, 1.165) is 5.56 Å². The monoisotopic (exact) mass is 449 g/mol. The van der Waals surface area contributed by atoms with E-state index in [4.69, 9.17) is 14.3 Å². The number of nitrogens with one attached hydrogen (secondary N) is 2. The number of imide groups is 1.